The summed E-state index contributed by atoms with van der Waals surface area (Å²) in [5, 5.41) is 0.747. The third-order valence-corrected chi connectivity index (χ3v) is 11.9. The van der Waals surface area contributed by atoms with Gasteiger partial charge in [-0.15, -0.1) is 11.8 Å². The normalized spacial score (nSPS) is 29.0. The molecule has 3 heterocycles. The number of amides is 2. The van der Waals surface area contributed by atoms with Crippen LogP contribution in [0.15, 0.2) is 88.7 Å². The Labute approximate surface area is 251 Å². The minimum atomic E-state index is -4.59. The number of hydrogen-bond donors (Lipinski definition) is 1. The summed E-state index contributed by atoms with van der Waals surface area (Å²) in [4.78, 5) is 45.0. The van der Waals surface area contributed by atoms with Crippen LogP contribution in [-0.2, 0) is 15.8 Å². The van der Waals surface area contributed by atoms with E-state index < -0.39 is 35.4 Å². The van der Waals surface area contributed by atoms with Crippen molar-refractivity contribution in [2.24, 2.45) is 29.6 Å². The molecule has 2 aliphatic heterocycles. The topological polar surface area (TPSA) is 79.5 Å². The van der Waals surface area contributed by atoms with Gasteiger partial charge in [0.25, 0.3) is 0 Å². The molecule has 8 rings (SSSR count). The van der Waals surface area contributed by atoms with Crippen molar-refractivity contribution in [1.29, 1.82) is 0 Å². The van der Waals surface area contributed by atoms with Crippen molar-refractivity contribution in [3.63, 3.8) is 0 Å². The number of alkyl halides is 3. The SMILES string of the molecule is O=C1C2C3CC(C2C(=O)N1c1cccc(C(F)(F)F)c1)C1C(c2cccc(Oc4ccccc4)c2)c2sc(=O)[nH]c2SC31. The zero-order chi connectivity index (χ0) is 29.6. The number of para-hydroxylation sites is 1. The highest BCUT2D eigenvalue weighted by Crippen LogP contribution is 2.68. The minimum absolute atomic E-state index is 0.0362. The number of carbonyl (C=O) groups excluding carboxylic acids is 2. The van der Waals surface area contributed by atoms with Crippen LogP contribution >= 0.6 is 23.1 Å². The lowest BCUT2D eigenvalue weighted by Crippen LogP contribution is -2.42. The number of H-pyrrole nitrogens is 1. The van der Waals surface area contributed by atoms with Crippen LogP contribution in [0.2, 0.25) is 0 Å². The van der Waals surface area contributed by atoms with E-state index in [2.05, 4.69) is 4.98 Å². The number of aromatic amines is 1. The molecule has 1 saturated heterocycles. The Hall–Kier alpha value is -3.83. The van der Waals surface area contributed by atoms with Gasteiger partial charge in [0.2, 0.25) is 11.8 Å². The molecular weight excluding hydrogens is 597 g/mol. The Morgan fingerprint density at radius 1 is 0.837 bits per heavy atom. The van der Waals surface area contributed by atoms with E-state index in [9.17, 15) is 27.6 Å². The maximum atomic E-state index is 13.9. The van der Waals surface area contributed by atoms with Crippen molar-refractivity contribution in [3.8, 4) is 11.5 Å². The molecule has 218 valence electrons. The number of rotatable bonds is 4. The van der Waals surface area contributed by atoms with Crippen LogP contribution in [0.3, 0.4) is 0 Å². The summed E-state index contributed by atoms with van der Waals surface area (Å²) >= 11 is 2.73. The first-order valence-electron chi connectivity index (χ1n) is 14.0. The van der Waals surface area contributed by atoms with Gasteiger partial charge >= 0.3 is 11.0 Å². The lowest BCUT2D eigenvalue weighted by molar-refractivity contribution is -0.137. The molecule has 2 amide bonds. The number of carbonyl (C=O) groups is 2. The number of nitrogens with one attached hydrogen (secondary N) is 1. The van der Waals surface area contributed by atoms with Crippen LogP contribution in [0, 0.1) is 29.6 Å². The highest BCUT2D eigenvalue weighted by molar-refractivity contribution is 8.00. The lowest BCUT2D eigenvalue weighted by atomic mass is 9.68. The molecule has 1 aromatic heterocycles. The summed E-state index contributed by atoms with van der Waals surface area (Å²) in [5.41, 5.74) is 0.0109. The Morgan fingerprint density at radius 3 is 2.33 bits per heavy atom. The number of benzene rings is 3. The van der Waals surface area contributed by atoms with E-state index in [1.807, 2.05) is 54.6 Å². The number of fused-ring (bicyclic) bond motifs is 9. The van der Waals surface area contributed by atoms with Crippen molar-refractivity contribution in [2.45, 2.75) is 28.8 Å². The average Bonchev–Trinajstić information content (AvgIpc) is 3.72. The molecule has 7 unspecified atom stereocenters. The van der Waals surface area contributed by atoms with Crippen molar-refractivity contribution in [1.82, 2.24) is 4.98 Å². The molecule has 2 aliphatic carbocycles. The van der Waals surface area contributed by atoms with Gasteiger partial charge in [0.05, 0.1) is 28.1 Å². The van der Waals surface area contributed by atoms with Crippen molar-refractivity contribution in [3.05, 3.63) is 105 Å². The fourth-order valence-corrected chi connectivity index (χ4v) is 10.8. The first-order valence-corrected chi connectivity index (χ1v) is 15.7. The zero-order valence-electron chi connectivity index (χ0n) is 22.3. The van der Waals surface area contributed by atoms with E-state index in [4.69, 9.17) is 4.74 Å². The standard InChI is InChI=1S/C32H23F3N2O4S2/c33-32(34,35)16-7-5-8-17(13-16)37-29(38)24-20-14-21(25(24)30(37)39)26-23(20)22(27-28(42-26)36-31(40)43-27)15-6-4-11-19(12-15)41-18-9-2-1-3-10-18/h1-13,20-26H,14H2,(H,36,40). The molecule has 6 nitrogen and oxygen atoms in total. The Bertz CT molecular complexity index is 1840. The molecule has 11 heteroatoms. The molecule has 3 fully saturated rings. The zero-order valence-corrected chi connectivity index (χ0v) is 23.9. The maximum absolute atomic E-state index is 13.9. The molecular formula is C32H23F3N2O4S2. The third kappa shape index (κ3) is 4.11. The Kier molecular flexibility index (Phi) is 5.97. The Balaban J connectivity index is 1.18. The van der Waals surface area contributed by atoms with Crippen LogP contribution in [0.1, 0.15) is 28.3 Å². The number of aromatic nitrogens is 1. The van der Waals surface area contributed by atoms with E-state index in [0.29, 0.717) is 17.9 Å². The number of imide groups is 1. The van der Waals surface area contributed by atoms with Gasteiger partial charge in [-0.1, -0.05) is 47.7 Å². The molecule has 0 spiro atoms. The van der Waals surface area contributed by atoms with Gasteiger partial charge < -0.3 is 9.72 Å². The molecule has 2 bridgehead atoms. The largest absolute Gasteiger partial charge is 0.457 e. The third-order valence-electron chi connectivity index (χ3n) is 9.35. The van der Waals surface area contributed by atoms with E-state index in [-0.39, 0.29) is 39.5 Å². The van der Waals surface area contributed by atoms with Gasteiger partial charge in [-0.05, 0) is 72.2 Å². The molecule has 7 atom stereocenters. The summed E-state index contributed by atoms with van der Waals surface area (Å²) in [6.07, 6.45) is -3.91. The summed E-state index contributed by atoms with van der Waals surface area (Å²) in [6.45, 7) is 0. The van der Waals surface area contributed by atoms with Crippen LogP contribution in [-0.4, -0.2) is 22.0 Å². The summed E-state index contributed by atoms with van der Waals surface area (Å²) in [5.74, 6) is -1.28. The lowest BCUT2D eigenvalue weighted by Gasteiger charge is -2.43. The minimum Gasteiger partial charge on any atom is -0.457 e. The van der Waals surface area contributed by atoms with Crippen molar-refractivity contribution >= 4 is 40.6 Å². The van der Waals surface area contributed by atoms with Crippen molar-refractivity contribution < 1.29 is 27.5 Å². The molecule has 1 N–H and O–H groups in total. The molecule has 4 aliphatic rings. The Morgan fingerprint density at radius 2 is 1.56 bits per heavy atom. The maximum Gasteiger partial charge on any atom is 0.416 e. The first kappa shape index (κ1) is 26.8. The molecule has 2 saturated carbocycles. The van der Waals surface area contributed by atoms with Gasteiger partial charge in [-0.3, -0.25) is 19.3 Å². The number of hydrogen-bond acceptors (Lipinski definition) is 6. The summed E-state index contributed by atoms with van der Waals surface area (Å²) in [6, 6.07) is 21.6. The highest BCUT2D eigenvalue weighted by Gasteiger charge is 2.69. The fourth-order valence-electron chi connectivity index (χ4n) is 7.86. The number of halogens is 3. The summed E-state index contributed by atoms with van der Waals surface area (Å²) < 4.78 is 46.5. The average molecular weight is 621 g/mol. The van der Waals surface area contributed by atoms with Gasteiger partial charge in [0.1, 0.15) is 11.5 Å². The number of nitrogens with zero attached hydrogens (tertiary/aromatic N) is 1. The van der Waals surface area contributed by atoms with Crippen LogP contribution in [0.4, 0.5) is 18.9 Å². The van der Waals surface area contributed by atoms with Crippen LogP contribution in [0.25, 0.3) is 0 Å². The van der Waals surface area contributed by atoms with Gasteiger partial charge in [-0.25, -0.2) is 0 Å². The molecule has 3 aromatic carbocycles. The van der Waals surface area contributed by atoms with Crippen LogP contribution < -0.4 is 14.5 Å². The van der Waals surface area contributed by atoms with Gasteiger partial charge in [-0.2, -0.15) is 13.2 Å². The van der Waals surface area contributed by atoms with E-state index in [1.165, 1.54) is 23.5 Å². The van der Waals surface area contributed by atoms with E-state index in [1.54, 1.807) is 11.8 Å². The predicted octanol–water partition coefficient (Wildman–Crippen LogP) is 6.93. The number of ether oxygens (including phenoxy) is 1. The monoisotopic (exact) mass is 620 g/mol. The number of thioether (sulfide) groups is 1. The fraction of sp³-hybridized carbons (Fsp3) is 0.281. The van der Waals surface area contributed by atoms with E-state index in [0.717, 1.165) is 32.5 Å². The molecule has 0 radical (unpaired) electrons. The van der Waals surface area contributed by atoms with Crippen LogP contribution in [0.5, 0.6) is 11.5 Å². The predicted molar refractivity (Wildman–Crippen MR) is 155 cm³/mol. The second kappa shape index (κ2) is 9.59. The second-order valence-corrected chi connectivity index (χ2v) is 13.7. The van der Waals surface area contributed by atoms with Crippen molar-refractivity contribution in [2.75, 3.05) is 4.90 Å². The number of anilines is 1. The second-order valence-electron chi connectivity index (χ2n) is 11.5. The quantitative estimate of drug-likeness (QED) is 0.251. The van der Waals surface area contributed by atoms with Gasteiger partial charge in [0.15, 0.2) is 0 Å². The molecule has 4 aromatic rings. The van der Waals surface area contributed by atoms with E-state index >= 15 is 0 Å². The molecule has 43 heavy (non-hydrogen) atoms. The van der Waals surface area contributed by atoms with Gasteiger partial charge in [0, 0.05) is 16.0 Å². The smallest absolute Gasteiger partial charge is 0.416 e. The number of thiazole rings is 1. The first-order chi connectivity index (χ1) is 20.7. The summed E-state index contributed by atoms with van der Waals surface area (Å²) in [7, 11) is 0. The highest BCUT2D eigenvalue weighted by atomic mass is 32.2.